The number of benzene rings is 1. The molecule has 0 unspecified atom stereocenters. The van der Waals surface area contributed by atoms with E-state index < -0.39 is 0 Å². The van der Waals surface area contributed by atoms with E-state index in [1.165, 1.54) is 40.8 Å². The summed E-state index contributed by atoms with van der Waals surface area (Å²) in [6.07, 6.45) is 5.88. The minimum atomic E-state index is -0.150. The van der Waals surface area contributed by atoms with Crippen LogP contribution < -0.4 is 0 Å². The van der Waals surface area contributed by atoms with Gasteiger partial charge >= 0.3 is 0 Å². The van der Waals surface area contributed by atoms with E-state index in [9.17, 15) is 4.79 Å². The molecule has 1 aliphatic carbocycles. The number of aldehydes is 1. The molecule has 0 atom stereocenters. The van der Waals surface area contributed by atoms with Gasteiger partial charge in [-0.05, 0) is 55.4 Å². The molecule has 3 aromatic rings. The van der Waals surface area contributed by atoms with E-state index in [2.05, 4.69) is 50.3 Å². The molecule has 0 bridgehead atoms. The van der Waals surface area contributed by atoms with Crippen LogP contribution in [0.1, 0.15) is 65.8 Å². The van der Waals surface area contributed by atoms with Crippen LogP contribution in [0.15, 0.2) is 18.2 Å². The fourth-order valence-electron chi connectivity index (χ4n) is 3.91. The van der Waals surface area contributed by atoms with Gasteiger partial charge in [0.1, 0.15) is 5.69 Å². The molecule has 0 saturated heterocycles. The highest BCUT2D eigenvalue weighted by Gasteiger charge is 2.27. The van der Waals surface area contributed by atoms with Crippen LogP contribution in [0.4, 0.5) is 0 Å². The summed E-state index contributed by atoms with van der Waals surface area (Å²) in [5.41, 5.74) is 6.70. The first-order valence-corrected chi connectivity index (χ1v) is 9.81. The van der Waals surface area contributed by atoms with Gasteiger partial charge in [0.25, 0.3) is 0 Å². The van der Waals surface area contributed by atoms with Gasteiger partial charge < -0.3 is 0 Å². The quantitative estimate of drug-likeness (QED) is 0.582. The maximum absolute atomic E-state index is 11.9. The topological polar surface area (TPSA) is 34.4 Å². The van der Waals surface area contributed by atoms with E-state index in [4.69, 9.17) is 4.98 Å². The van der Waals surface area contributed by atoms with E-state index in [1.807, 2.05) is 0 Å². The second-order valence-corrected chi connectivity index (χ2v) is 9.21. The van der Waals surface area contributed by atoms with Gasteiger partial charge in [-0.2, -0.15) is 0 Å². The second-order valence-electron chi connectivity index (χ2n) is 8.03. The van der Waals surface area contributed by atoms with Crippen molar-refractivity contribution in [2.24, 2.45) is 0 Å². The van der Waals surface area contributed by atoms with Crippen molar-refractivity contribution in [2.75, 3.05) is 0 Å². The monoisotopic (exact) mass is 352 g/mol. The molecule has 4 heteroatoms. The molecule has 0 fully saturated rings. The van der Waals surface area contributed by atoms with Gasteiger partial charge in [0.2, 0.25) is 0 Å². The number of thiazole rings is 1. The van der Waals surface area contributed by atoms with Crippen LogP contribution in [-0.2, 0) is 18.3 Å². The average molecular weight is 353 g/mol. The predicted octanol–water partition coefficient (Wildman–Crippen LogP) is 5.36. The molecule has 0 radical (unpaired) electrons. The third-order valence-electron chi connectivity index (χ3n) is 5.13. The summed E-state index contributed by atoms with van der Waals surface area (Å²) in [5.74, 6) is 0. The van der Waals surface area contributed by atoms with Crippen molar-refractivity contribution in [3.05, 3.63) is 45.6 Å². The van der Waals surface area contributed by atoms with Crippen molar-refractivity contribution in [1.82, 2.24) is 9.38 Å². The van der Waals surface area contributed by atoms with Crippen molar-refractivity contribution >= 4 is 22.6 Å². The lowest BCUT2D eigenvalue weighted by atomic mass is 9.89. The minimum Gasteiger partial charge on any atom is -0.296 e. The molecule has 0 aliphatic heterocycles. The number of aryl methyl sites for hydroxylation is 3. The molecule has 1 aliphatic rings. The summed E-state index contributed by atoms with van der Waals surface area (Å²) in [6, 6.07) is 6.81. The number of rotatable bonds is 2. The molecule has 3 nitrogen and oxygen atoms in total. The van der Waals surface area contributed by atoms with Gasteiger partial charge in [0.15, 0.2) is 11.2 Å². The van der Waals surface area contributed by atoms with Crippen molar-refractivity contribution in [2.45, 2.75) is 58.8 Å². The number of imidazole rings is 1. The van der Waals surface area contributed by atoms with Crippen LogP contribution in [0, 0.1) is 6.92 Å². The summed E-state index contributed by atoms with van der Waals surface area (Å²) in [6.45, 7) is 8.45. The Kier molecular flexibility index (Phi) is 3.84. The standard InChI is InChI=1S/C21H24N2OS/c1-13-18(16-10-9-14-7-5-6-8-15(14)11-16)23-17(12-24)19(21(2,3)4)22-20(23)25-13/h9-12H,5-8H2,1-4H3. The summed E-state index contributed by atoms with van der Waals surface area (Å²) >= 11 is 1.67. The molecule has 0 amide bonds. The maximum Gasteiger partial charge on any atom is 0.195 e. The van der Waals surface area contributed by atoms with Crippen molar-refractivity contribution in [1.29, 1.82) is 0 Å². The van der Waals surface area contributed by atoms with Crippen molar-refractivity contribution in [3.8, 4) is 11.3 Å². The first-order chi connectivity index (χ1) is 11.9. The molecule has 2 heterocycles. The third kappa shape index (κ3) is 2.63. The van der Waals surface area contributed by atoms with Gasteiger partial charge in [-0.25, -0.2) is 4.98 Å². The van der Waals surface area contributed by atoms with E-state index in [0.717, 1.165) is 29.1 Å². The Hall–Kier alpha value is -1.94. The maximum atomic E-state index is 11.9. The molecule has 4 rings (SSSR count). The number of hydrogen-bond donors (Lipinski definition) is 0. The van der Waals surface area contributed by atoms with Crippen LogP contribution in [-0.4, -0.2) is 15.7 Å². The molecule has 130 valence electrons. The number of aromatic nitrogens is 2. The van der Waals surface area contributed by atoms with Crippen molar-refractivity contribution in [3.63, 3.8) is 0 Å². The Morgan fingerprint density at radius 1 is 1.16 bits per heavy atom. The average Bonchev–Trinajstić information content (AvgIpc) is 3.08. The Labute approximate surface area is 152 Å². The fourth-order valence-corrected chi connectivity index (χ4v) is 4.91. The zero-order chi connectivity index (χ0) is 17.8. The SMILES string of the molecule is Cc1sc2nc(C(C)(C)C)c(C=O)n2c1-c1ccc2c(c1)CCCC2. The van der Waals surface area contributed by atoms with Crippen LogP contribution in [0.5, 0.6) is 0 Å². The molecule has 0 N–H and O–H groups in total. The summed E-state index contributed by atoms with van der Waals surface area (Å²) in [7, 11) is 0. The molecular formula is C21H24N2OS. The van der Waals surface area contributed by atoms with E-state index in [-0.39, 0.29) is 5.41 Å². The molecule has 25 heavy (non-hydrogen) atoms. The lowest BCUT2D eigenvalue weighted by molar-refractivity contribution is 0.111. The Bertz CT molecular complexity index is 972. The third-order valence-corrected chi connectivity index (χ3v) is 6.08. The molecule has 0 saturated carbocycles. The van der Waals surface area contributed by atoms with Gasteiger partial charge in [0, 0.05) is 10.3 Å². The summed E-state index contributed by atoms with van der Waals surface area (Å²) in [4.78, 5) is 18.8. The first-order valence-electron chi connectivity index (χ1n) is 9.00. The summed E-state index contributed by atoms with van der Waals surface area (Å²) in [5, 5.41) is 0. The lowest BCUT2D eigenvalue weighted by Crippen LogP contribution is -2.15. The smallest absolute Gasteiger partial charge is 0.195 e. The molecule has 2 aromatic heterocycles. The number of nitrogens with zero attached hydrogens (tertiary/aromatic N) is 2. The van der Waals surface area contributed by atoms with Gasteiger partial charge in [-0.15, -0.1) is 11.3 Å². The van der Waals surface area contributed by atoms with Gasteiger partial charge in [0.05, 0.1) is 11.4 Å². The highest BCUT2D eigenvalue weighted by molar-refractivity contribution is 7.17. The van der Waals surface area contributed by atoms with Gasteiger partial charge in [-0.3, -0.25) is 9.20 Å². The van der Waals surface area contributed by atoms with E-state index in [0.29, 0.717) is 5.69 Å². The zero-order valence-corrected chi connectivity index (χ0v) is 16.2. The number of hydrogen-bond acceptors (Lipinski definition) is 3. The Balaban J connectivity index is 1.97. The van der Waals surface area contributed by atoms with Crippen molar-refractivity contribution < 1.29 is 4.79 Å². The Morgan fingerprint density at radius 2 is 1.88 bits per heavy atom. The molecule has 1 aromatic carbocycles. The van der Waals surface area contributed by atoms with E-state index >= 15 is 0 Å². The van der Waals surface area contributed by atoms with Crippen LogP contribution in [0.3, 0.4) is 0 Å². The molecule has 0 spiro atoms. The molecular weight excluding hydrogens is 328 g/mol. The lowest BCUT2D eigenvalue weighted by Gasteiger charge is -2.18. The fraction of sp³-hybridized carbons (Fsp3) is 0.429. The number of fused-ring (bicyclic) bond motifs is 2. The number of carbonyl (C=O) groups is 1. The predicted molar refractivity (Wildman–Crippen MR) is 104 cm³/mol. The van der Waals surface area contributed by atoms with Gasteiger partial charge in [-0.1, -0.05) is 32.9 Å². The largest absolute Gasteiger partial charge is 0.296 e. The minimum absolute atomic E-state index is 0.150. The van der Waals surface area contributed by atoms with E-state index in [1.54, 1.807) is 11.3 Å². The van der Waals surface area contributed by atoms with Crippen LogP contribution in [0.2, 0.25) is 0 Å². The van der Waals surface area contributed by atoms with Crippen LogP contribution in [0.25, 0.3) is 16.2 Å². The number of carbonyl (C=O) groups excluding carboxylic acids is 1. The second kappa shape index (κ2) is 5.80. The highest BCUT2D eigenvalue weighted by atomic mass is 32.1. The van der Waals surface area contributed by atoms with Crippen LogP contribution >= 0.6 is 11.3 Å². The first kappa shape index (κ1) is 16.5. The summed E-state index contributed by atoms with van der Waals surface area (Å²) < 4.78 is 2.07. The Morgan fingerprint density at radius 3 is 2.56 bits per heavy atom. The highest BCUT2D eigenvalue weighted by Crippen LogP contribution is 2.37. The normalized spacial score (nSPS) is 14.7. The zero-order valence-electron chi connectivity index (χ0n) is 15.3.